The molecule has 7 atom stereocenters. The van der Waals surface area contributed by atoms with Gasteiger partial charge < -0.3 is 25.4 Å². The van der Waals surface area contributed by atoms with Crippen LogP contribution in [-0.2, 0) is 28.7 Å². The van der Waals surface area contributed by atoms with Gasteiger partial charge in [0.2, 0.25) is 11.7 Å². The maximum Gasteiger partial charge on any atom is 0.322 e. The summed E-state index contributed by atoms with van der Waals surface area (Å²) in [5.74, 6) is -3.01. The molecule has 204 valence electrons. The number of esters is 1. The molecule has 3 fully saturated rings. The predicted molar refractivity (Wildman–Crippen MR) is 129 cm³/mol. The minimum atomic E-state index is -1.75. The minimum Gasteiger partial charge on any atom is -0.480 e. The number of Topliss-reactive ketones (excluding diaryl/α,β-unsaturated/α-hetero) is 1. The van der Waals surface area contributed by atoms with Crippen LogP contribution in [0.25, 0.3) is 0 Å². The third-order valence-electron chi connectivity index (χ3n) is 9.87. The summed E-state index contributed by atoms with van der Waals surface area (Å²) >= 11 is 0. The lowest BCUT2D eigenvalue weighted by Crippen LogP contribution is -2.62. The fraction of sp³-hybridized carbons (Fsp3) is 0.741. The zero-order valence-corrected chi connectivity index (χ0v) is 21.5. The first-order valence-corrected chi connectivity index (χ1v) is 13.1. The number of carbonyl (C=O) groups excluding carboxylic acids is 4. The van der Waals surface area contributed by atoms with Crippen molar-refractivity contribution in [1.29, 1.82) is 0 Å². The van der Waals surface area contributed by atoms with Gasteiger partial charge in [-0.25, -0.2) is 0 Å². The summed E-state index contributed by atoms with van der Waals surface area (Å²) < 4.78 is 5.07. The van der Waals surface area contributed by atoms with Crippen molar-refractivity contribution in [2.24, 2.45) is 28.6 Å². The summed E-state index contributed by atoms with van der Waals surface area (Å²) in [4.78, 5) is 59.5. The highest BCUT2D eigenvalue weighted by atomic mass is 16.5. The maximum atomic E-state index is 13.2. The first kappa shape index (κ1) is 27.4. The number of ketones is 2. The number of carboxylic acid groups (broad SMARTS) is 1. The van der Waals surface area contributed by atoms with Gasteiger partial charge in [-0.15, -0.1) is 0 Å². The molecule has 0 aromatic rings. The van der Waals surface area contributed by atoms with E-state index < -0.39 is 53.9 Å². The highest BCUT2D eigenvalue weighted by molar-refractivity contribution is 5.92. The average molecular weight is 520 g/mol. The first-order chi connectivity index (χ1) is 17.3. The number of ether oxygens (including phenoxy) is 1. The number of allylic oxidation sites excluding steroid dienone is 1. The van der Waals surface area contributed by atoms with Crippen molar-refractivity contribution in [2.75, 3.05) is 13.2 Å². The highest BCUT2D eigenvalue weighted by Gasteiger charge is 2.68. The molecule has 0 heterocycles. The van der Waals surface area contributed by atoms with Crippen molar-refractivity contribution in [1.82, 2.24) is 5.32 Å². The number of rotatable bonds is 8. The fourth-order valence-corrected chi connectivity index (χ4v) is 7.97. The lowest BCUT2D eigenvalue weighted by atomic mass is 9.45. The molecule has 1 amide bonds. The number of fused-ring (bicyclic) bond motifs is 5. The predicted octanol–water partition coefficient (Wildman–Crippen LogP) is 1.31. The van der Waals surface area contributed by atoms with Gasteiger partial charge in [0.1, 0.15) is 12.1 Å². The van der Waals surface area contributed by atoms with Crippen LogP contribution >= 0.6 is 0 Å². The average Bonchev–Trinajstić information content (AvgIpc) is 3.11. The van der Waals surface area contributed by atoms with Gasteiger partial charge in [0.15, 0.2) is 12.4 Å². The van der Waals surface area contributed by atoms with E-state index in [9.17, 15) is 34.2 Å². The molecule has 0 aliphatic heterocycles. The zero-order chi connectivity index (χ0) is 27.2. The second-order valence-corrected chi connectivity index (χ2v) is 11.7. The van der Waals surface area contributed by atoms with Crippen LogP contribution in [0.15, 0.2) is 11.6 Å². The largest absolute Gasteiger partial charge is 0.480 e. The van der Waals surface area contributed by atoms with E-state index in [2.05, 4.69) is 12.2 Å². The Morgan fingerprint density at radius 2 is 1.84 bits per heavy atom. The summed E-state index contributed by atoms with van der Waals surface area (Å²) in [5, 5.41) is 33.8. The molecule has 4 aliphatic carbocycles. The van der Waals surface area contributed by atoms with Gasteiger partial charge in [-0.1, -0.05) is 19.4 Å². The van der Waals surface area contributed by atoms with Gasteiger partial charge in [-0.05, 0) is 67.8 Å². The molecule has 10 heteroatoms. The van der Waals surface area contributed by atoms with E-state index in [1.54, 1.807) is 6.08 Å². The molecule has 0 saturated heterocycles. The first-order valence-electron chi connectivity index (χ1n) is 13.1. The highest BCUT2D eigenvalue weighted by Crippen LogP contribution is 2.67. The van der Waals surface area contributed by atoms with Crippen LogP contribution in [0.5, 0.6) is 0 Å². The Balaban J connectivity index is 1.41. The smallest absolute Gasteiger partial charge is 0.322 e. The van der Waals surface area contributed by atoms with Gasteiger partial charge >= 0.3 is 11.9 Å². The molecule has 10 nitrogen and oxygen atoms in total. The van der Waals surface area contributed by atoms with Gasteiger partial charge in [0.05, 0.1) is 12.5 Å². The number of aliphatic hydroxyl groups is 2. The second-order valence-electron chi connectivity index (χ2n) is 11.7. The molecule has 4 rings (SSSR count). The molecule has 0 unspecified atom stereocenters. The molecule has 0 aromatic carbocycles. The van der Waals surface area contributed by atoms with Crippen LogP contribution in [0.1, 0.15) is 71.6 Å². The van der Waals surface area contributed by atoms with E-state index in [0.717, 1.165) is 18.4 Å². The van der Waals surface area contributed by atoms with Gasteiger partial charge in [-0.2, -0.15) is 0 Å². The monoisotopic (exact) mass is 519 g/mol. The third kappa shape index (κ3) is 4.74. The van der Waals surface area contributed by atoms with Crippen LogP contribution in [0.3, 0.4) is 0 Å². The number of amides is 1. The normalized spacial score (nSPS) is 38.5. The van der Waals surface area contributed by atoms with Crippen LogP contribution in [0.4, 0.5) is 0 Å². The topological polar surface area (TPSA) is 167 Å². The van der Waals surface area contributed by atoms with E-state index in [-0.39, 0.29) is 54.6 Å². The SMILES string of the molecule is C[C@]12CCC(=O)C=C1CC[C@H]1[C@H]2[C@H](O)C[C@]2(C)[C@@H]1CC[C@@]2(O)C(=O)COC(=O)CCC(=O)NCC(=O)O. The lowest BCUT2D eigenvalue weighted by Gasteiger charge is -2.60. The Bertz CT molecular complexity index is 1040. The molecule has 3 saturated carbocycles. The second kappa shape index (κ2) is 9.94. The van der Waals surface area contributed by atoms with Crippen molar-refractivity contribution in [2.45, 2.75) is 83.3 Å². The number of carbonyl (C=O) groups is 5. The molecular weight excluding hydrogens is 482 g/mol. The third-order valence-corrected chi connectivity index (χ3v) is 9.87. The van der Waals surface area contributed by atoms with Crippen molar-refractivity contribution >= 4 is 29.4 Å². The minimum absolute atomic E-state index is 0.0134. The van der Waals surface area contributed by atoms with E-state index >= 15 is 0 Å². The van der Waals surface area contributed by atoms with E-state index in [0.29, 0.717) is 19.3 Å². The number of hydrogen-bond acceptors (Lipinski definition) is 8. The number of nitrogens with one attached hydrogen (secondary N) is 1. The van der Waals surface area contributed by atoms with E-state index in [1.807, 2.05) is 6.92 Å². The zero-order valence-electron chi connectivity index (χ0n) is 21.5. The van der Waals surface area contributed by atoms with Gasteiger partial charge in [0, 0.05) is 18.3 Å². The molecule has 4 N–H and O–H groups in total. The van der Waals surface area contributed by atoms with Crippen molar-refractivity contribution in [3.63, 3.8) is 0 Å². The Labute approximate surface area is 215 Å². The Hall–Kier alpha value is -2.59. The summed E-state index contributed by atoms with van der Waals surface area (Å²) in [6.45, 7) is 2.81. The van der Waals surface area contributed by atoms with Crippen LogP contribution in [-0.4, -0.2) is 69.6 Å². The van der Waals surface area contributed by atoms with Crippen LogP contribution in [0.2, 0.25) is 0 Å². The van der Waals surface area contributed by atoms with E-state index in [4.69, 9.17) is 9.84 Å². The molecule has 0 radical (unpaired) electrons. The molecule has 4 aliphatic rings. The quantitative estimate of drug-likeness (QED) is 0.346. The number of aliphatic hydroxyl groups excluding tert-OH is 1. The summed E-state index contributed by atoms with van der Waals surface area (Å²) in [6.07, 6.45) is 4.24. The summed E-state index contributed by atoms with van der Waals surface area (Å²) in [6, 6.07) is 0. The lowest BCUT2D eigenvalue weighted by molar-refractivity contribution is -0.184. The number of carboxylic acids is 1. The Kier molecular flexibility index (Phi) is 7.38. The Morgan fingerprint density at radius 3 is 2.54 bits per heavy atom. The maximum absolute atomic E-state index is 13.2. The molecule has 0 spiro atoms. The molecule has 0 bridgehead atoms. The van der Waals surface area contributed by atoms with Crippen molar-refractivity contribution in [3.05, 3.63) is 11.6 Å². The number of hydrogen-bond donors (Lipinski definition) is 4. The van der Waals surface area contributed by atoms with Crippen LogP contribution < -0.4 is 5.32 Å². The number of aliphatic carboxylic acids is 1. The fourth-order valence-electron chi connectivity index (χ4n) is 7.97. The van der Waals surface area contributed by atoms with E-state index in [1.165, 1.54) is 0 Å². The summed E-state index contributed by atoms with van der Waals surface area (Å²) in [7, 11) is 0. The van der Waals surface area contributed by atoms with Gasteiger partial charge in [0.25, 0.3) is 0 Å². The van der Waals surface area contributed by atoms with Crippen molar-refractivity contribution in [3.8, 4) is 0 Å². The van der Waals surface area contributed by atoms with Crippen LogP contribution in [0, 0.1) is 28.6 Å². The van der Waals surface area contributed by atoms with Crippen molar-refractivity contribution < 1.29 is 44.0 Å². The summed E-state index contributed by atoms with van der Waals surface area (Å²) in [5.41, 5.74) is -1.78. The molecule has 0 aromatic heterocycles. The standard InChI is InChI=1S/C27H37NO9/c1-25-9-7-16(29)11-15(25)3-4-17-18-8-10-27(36,26(18,2)12-19(30)24(17)25)20(31)14-37-23(35)6-5-21(32)28-13-22(33)34/h11,17-19,24,30,36H,3-10,12-14H2,1-2H3,(H,28,32)(H,33,34)/t17-,18-,19-,24+,25+,26-,27-/m1/s1. The van der Waals surface area contributed by atoms with Gasteiger partial charge in [-0.3, -0.25) is 24.0 Å². The Morgan fingerprint density at radius 1 is 1.11 bits per heavy atom. The molecule has 37 heavy (non-hydrogen) atoms. The molecular formula is C27H37NO9.